The number of carbonyl (C=O) groups is 2. The molecule has 8 heteroatoms. The van der Waals surface area contributed by atoms with Gasteiger partial charge in [0.15, 0.2) is 0 Å². The molecule has 2 aromatic rings. The molecule has 0 atom stereocenters. The smallest absolute Gasteiger partial charge is 0.355 e. The van der Waals surface area contributed by atoms with Crippen LogP contribution in [0.25, 0.3) is 0 Å². The van der Waals surface area contributed by atoms with Gasteiger partial charge in [-0.15, -0.1) is 0 Å². The average molecular weight is 474 g/mol. The lowest BCUT2D eigenvalue weighted by molar-refractivity contribution is -0.138. The number of anilines is 2. The first-order chi connectivity index (χ1) is 16.3. The van der Waals surface area contributed by atoms with Crippen LogP contribution in [-0.2, 0) is 11.0 Å². The molecule has 2 heterocycles. The Labute approximate surface area is 197 Å². The van der Waals surface area contributed by atoms with Crippen molar-refractivity contribution in [2.24, 2.45) is 5.92 Å². The lowest BCUT2D eigenvalue weighted by Crippen LogP contribution is -2.44. The van der Waals surface area contributed by atoms with E-state index >= 15 is 0 Å². The highest BCUT2D eigenvalue weighted by atomic mass is 19.4. The molecule has 2 fully saturated rings. The zero-order chi connectivity index (χ0) is 24.1. The molecule has 5 nitrogen and oxygen atoms in total. The molecule has 1 N–H and O–H groups in total. The second-order valence-electron chi connectivity index (χ2n) is 9.06. The second kappa shape index (κ2) is 10.5. The van der Waals surface area contributed by atoms with Crippen LogP contribution in [0.1, 0.15) is 54.4 Å². The Morgan fingerprint density at radius 3 is 2.18 bits per heavy atom. The third-order valence-corrected chi connectivity index (χ3v) is 6.68. The van der Waals surface area contributed by atoms with Crippen LogP contribution >= 0.6 is 0 Å². The van der Waals surface area contributed by atoms with Crippen molar-refractivity contribution < 1.29 is 22.8 Å². The first-order valence-corrected chi connectivity index (χ1v) is 11.9. The summed E-state index contributed by atoms with van der Waals surface area (Å²) in [7, 11) is 0. The predicted octanol–water partition coefficient (Wildman–Crippen LogP) is 5.70. The molecule has 182 valence electrons. The van der Waals surface area contributed by atoms with Crippen molar-refractivity contribution in [3.8, 4) is 0 Å². The molecule has 2 aliphatic rings. The number of para-hydroxylation sites is 1. The summed E-state index contributed by atoms with van der Waals surface area (Å²) in [6.45, 7) is 2.63. The normalized spacial score (nSPS) is 17.9. The summed E-state index contributed by atoms with van der Waals surface area (Å²) in [5, 5.41) is 2.97. The van der Waals surface area contributed by atoms with Crippen molar-refractivity contribution in [3.05, 3.63) is 59.7 Å². The zero-order valence-corrected chi connectivity index (χ0v) is 19.1. The zero-order valence-electron chi connectivity index (χ0n) is 19.1. The molecule has 2 amide bonds. The van der Waals surface area contributed by atoms with Gasteiger partial charge in [-0.1, -0.05) is 31.0 Å². The Balaban J connectivity index is 1.41. The van der Waals surface area contributed by atoms with Gasteiger partial charge in [0.1, 0.15) is 0 Å². The van der Waals surface area contributed by atoms with Gasteiger partial charge in [-0.25, -0.2) is 0 Å². The van der Waals surface area contributed by atoms with E-state index in [0.717, 1.165) is 38.1 Å². The third-order valence-electron chi connectivity index (χ3n) is 6.68. The maximum atomic E-state index is 13.3. The highest BCUT2D eigenvalue weighted by Crippen LogP contribution is 2.32. The molecule has 0 aliphatic carbocycles. The third kappa shape index (κ3) is 5.72. The average Bonchev–Trinajstić information content (AvgIpc) is 3.13. The van der Waals surface area contributed by atoms with Crippen molar-refractivity contribution >= 4 is 23.2 Å². The van der Waals surface area contributed by atoms with E-state index in [2.05, 4.69) is 5.32 Å². The maximum Gasteiger partial charge on any atom is 0.416 e. The molecular weight excluding hydrogens is 443 g/mol. The minimum absolute atomic E-state index is 0.0550. The van der Waals surface area contributed by atoms with Crippen LogP contribution in [0.5, 0.6) is 0 Å². The number of halogens is 3. The van der Waals surface area contributed by atoms with Crippen LogP contribution in [0, 0.1) is 5.92 Å². The number of hydrogen-bond acceptors (Lipinski definition) is 3. The molecule has 4 rings (SSSR count). The molecule has 2 saturated heterocycles. The number of benzene rings is 2. The number of nitrogens with one attached hydrogen (secondary N) is 1. The number of nitrogens with zero attached hydrogens (tertiary/aromatic N) is 2. The molecular formula is C26H30F3N3O2. The fourth-order valence-electron chi connectivity index (χ4n) is 4.76. The lowest BCUT2D eigenvalue weighted by atomic mass is 9.94. The summed E-state index contributed by atoms with van der Waals surface area (Å²) in [5.41, 5.74) is 0.362. The summed E-state index contributed by atoms with van der Waals surface area (Å²) in [6.07, 6.45) is 1.27. The largest absolute Gasteiger partial charge is 0.416 e. The highest BCUT2D eigenvalue weighted by Gasteiger charge is 2.32. The molecule has 2 aliphatic heterocycles. The topological polar surface area (TPSA) is 52.7 Å². The Morgan fingerprint density at radius 2 is 1.50 bits per heavy atom. The molecule has 2 aromatic carbocycles. The predicted molar refractivity (Wildman–Crippen MR) is 125 cm³/mol. The van der Waals surface area contributed by atoms with Crippen molar-refractivity contribution in [1.82, 2.24) is 9.80 Å². The first-order valence-electron chi connectivity index (χ1n) is 11.9. The number of rotatable bonds is 4. The minimum Gasteiger partial charge on any atom is -0.355 e. The monoisotopic (exact) mass is 473 g/mol. The number of alkyl halides is 3. The fraction of sp³-hybridized carbons (Fsp3) is 0.462. The molecule has 0 aromatic heterocycles. The SMILES string of the molecule is O=C(c1ccccc1Nc1cccc(C(F)(F)F)c1)N1CCC(C(=O)N2CCCCCC2)CC1. The first kappa shape index (κ1) is 24.1. The van der Waals surface area contributed by atoms with Crippen molar-refractivity contribution in [3.63, 3.8) is 0 Å². The molecule has 0 unspecified atom stereocenters. The Kier molecular flexibility index (Phi) is 7.44. The van der Waals surface area contributed by atoms with Gasteiger partial charge in [-0.3, -0.25) is 9.59 Å². The minimum atomic E-state index is -4.44. The van der Waals surface area contributed by atoms with Crippen LogP contribution in [0.4, 0.5) is 24.5 Å². The van der Waals surface area contributed by atoms with Gasteiger partial charge in [0.25, 0.3) is 5.91 Å². The number of amides is 2. The van der Waals surface area contributed by atoms with Crippen LogP contribution in [-0.4, -0.2) is 47.8 Å². The fourth-order valence-corrected chi connectivity index (χ4v) is 4.76. The van der Waals surface area contributed by atoms with E-state index in [1.54, 1.807) is 29.2 Å². The molecule has 0 radical (unpaired) electrons. The van der Waals surface area contributed by atoms with Gasteiger partial charge in [0.2, 0.25) is 5.91 Å². The van der Waals surface area contributed by atoms with Gasteiger partial charge in [0.05, 0.1) is 16.8 Å². The quantitative estimate of drug-likeness (QED) is 0.620. The summed E-state index contributed by atoms with van der Waals surface area (Å²) < 4.78 is 39.2. The van der Waals surface area contributed by atoms with E-state index in [4.69, 9.17) is 0 Å². The summed E-state index contributed by atoms with van der Waals surface area (Å²) in [5.74, 6) is -0.0306. The highest BCUT2D eigenvalue weighted by molar-refractivity contribution is 6.00. The van der Waals surface area contributed by atoms with Crippen LogP contribution in [0.2, 0.25) is 0 Å². The van der Waals surface area contributed by atoms with Gasteiger partial charge in [-0.05, 0) is 56.0 Å². The van der Waals surface area contributed by atoms with Crippen LogP contribution in [0.15, 0.2) is 48.5 Å². The van der Waals surface area contributed by atoms with E-state index in [1.165, 1.54) is 25.0 Å². The van der Waals surface area contributed by atoms with Crippen molar-refractivity contribution in [2.45, 2.75) is 44.7 Å². The Morgan fingerprint density at radius 1 is 0.824 bits per heavy atom. The Hall–Kier alpha value is -3.03. The van der Waals surface area contributed by atoms with Crippen LogP contribution < -0.4 is 5.32 Å². The summed E-state index contributed by atoms with van der Waals surface area (Å²) in [4.78, 5) is 29.9. The van der Waals surface area contributed by atoms with Gasteiger partial charge in [-0.2, -0.15) is 13.2 Å². The van der Waals surface area contributed by atoms with Crippen LogP contribution in [0.3, 0.4) is 0 Å². The number of carbonyl (C=O) groups excluding carboxylic acids is 2. The lowest BCUT2D eigenvalue weighted by Gasteiger charge is -2.34. The number of piperidine rings is 1. The van der Waals surface area contributed by atoms with Crippen molar-refractivity contribution in [1.29, 1.82) is 0 Å². The Bertz CT molecular complexity index is 1010. The summed E-state index contributed by atoms with van der Waals surface area (Å²) in [6, 6.07) is 11.7. The van der Waals surface area contributed by atoms with E-state index < -0.39 is 11.7 Å². The molecule has 0 saturated carbocycles. The number of hydrogen-bond donors (Lipinski definition) is 1. The number of likely N-dealkylation sites (tertiary alicyclic amines) is 2. The van der Waals surface area contributed by atoms with E-state index in [1.807, 2.05) is 4.90 Å². The van der Waals surface area contributed by atoms with E-state index in [-0.39, 0.29) is 23.4 Å². The molecule has 0 spiro atoms. The van der Waals surface area contributed by atoms with Gasteiger partial charge < -0.3 is 15.1 Å². The standard InChI is InChI=1S/C26H30F3N3O2/c27-26(28,29)20-8-7-9-21(18-20)30-23-11-4-3-10-22(23)25(34)32-16-12-19(13-17-32)24(33)31-14-5-1-2-6-15-31/h3-4,7-11,18-19,30H,1-2,5-6,12-17H2. The van der Waals surface area contributed by atoms with Gasteiger partial charge in [0, 0.05) is 37.8 Å². The van der Waals surface area contributed by atoms with Crippen molar-refractivity contribution in [2.75, 3.05) is 31.5 Å². The van der Waals surface area contributed by atoms with E-state index in [0.29, 0.717) is 37.2 Å². The maximum absolute atomic E-state index is 13.3. The van der Waals surface area contributed by atoms with E-state index in [9.17, 15) is 22.8 Å². The van der Waals surface area contributed by atoms with Gasteiger partial charge >= 0.3 is 6.18 Å². The summed E-state index contributed by atoms with van der Waals surface area (Å²) >= 11 is 0. The second-order valence-corrected chi connectivity index (χ2v) is 9.06. The molecule has 34 heavy (non-hydrogen) atoms. The molecule has 0 bridgehead atoms.